The maximum absolute atomic E-state index is 11.8. The molecule has 5 nitrogen and oxygen atoms in total. The van der Waals surface area contributed by atoms with E-state index in [9.17, 15) is 9.59 Å². The zero-order chi connectivity index (χ0) is 14.8. The van der Waals surface area contributed by atoms with Crippen LogP contribution in [0.15, 0.2) is 0 Å². The molecule has 116 valence electrons. The summed E-state index contributed by atoms with van der Waals surface area (Å²) in [5, 5.41) is 6.30. The quantitative estimate of drug-likeness (QED) is 0.518. The van der Waals surface area contributed by atoms with Crippen molar-refractivity contribution >= 4 is 23.6 Å². The third-order valence-electron chi connectivity index (χ3n) is 3.66. The molecule has 1 amide bonds. The minimum absolute atomic E-state index is 0.113. The molecule has 2 atom stereocenters. The highest BCUT2D eigenvalue weighted by Gasteiger charge is 2.21. The Morgan fingerprint density at radius 2 is 2.30 bits per heavy atom. The van der Waals surface area contributed by atoms with Crippen LogP contribution in [0.5, 0.6) is 0 Å². The first-order chi connectivity index (χ1) is 9.63. The van der Waals surface area contributed by atoms with Crippen LogP contribution in [0, 0.1) is 11.8 Å². The highest BCUT2D eigenvalue weighted by Crippen LogP contribution is 2.22. The molecule has 1 fully saturated rings. The van der Waals surface area contributed by atoms with Gasteiger partial charge in [0.1, 0.15) is 0 Å². The van der Waals surface area contributed by atoms with E-state index in [0.29, 0.717) is 30.6 Å². The van der Waals surface area contributed by atoms with Gasteiger partial charge in [-0.1, -0.05) is 6.92 Å². The number of esters is 1. The van der Waals surface area contributed by atoms with Crippen molar-refractivity contribution < 1.29 is 14.3 Å². The number of rotatable bonds is 8. The van der Waals surface area contributed by atoms with E-state index in [-0.39, 0.29) is 11.9 Å². The topological polar surface area (TPSA) is 67.4 Å². The van der Waals surface area contributed by atoms with Crippen molar-refractivity contribution in [1.29, 1.82) is 0 Å². The van der Waals surface area contributed by atoms with Crippen LogP contribution in [0.4, 0.5) is 0 Å². The Labute approximate surface area is 125 Å². The van der Waals surface area contributed by atoms with E-state index in [4.69, 9.17) is 0 Å². The molecule has 0 aromatic rings. The second-order valence-corrected chi connectivity index (χ2v) is 6.37. The maximum atomic E-state index is 11.8. The van der Waals surface area contributed by atoms with Gasteiger partial charge in [0.15, 0.2) is 0 Å². The highest BCUT2D eigenvalue weighted by atomic mass is 32.2. The Balaban J connectivity index is 2.05. The van der Waals surface area contributed by atoms with E-state index in [1.165, 1.54) is 31.7 Å². The minimum atomic E-state index is -0.222. The van der Waals surface area contributed by atoms with Gasteiger partial charge in [0.2, 0.25) is 5.91 Å². The van der Waals surface area contributed by atoms with Crippen molar-refractivity contribution in [3.63, 3.8) is 0 Å². The van der Waals surface area contributed by atoms with Crippen LogP contribution in [0.25, 0.3) is 0 Å². The number of thioether (sulfide) groups is 1. The summed E-state index contributed by atoms with van der Waals surface area (Å²) in [6.07, 6.45) is 3.02. The summed E-state index contributed by atoms with van der Waals surface area (Å²) < 4.78 is 4.54. The van der Waals surface area contributed by atoms with Crippen molar-refractivity contribution in [2.75, 3.05) is 38.2 Å². The van der Waals surface area contributed by atoms with Crippen LogP contribution in [0.3, 0.4) is 0 Å². The number of amides is 1. The third kappa shape index (κ3) is 7.14. The number of ether oxygens (including phenoxy) is 1. The Morgan fingerprint density at radius 3 is 2.95 bits per heavy atom. The van der Waals surface area contributed by atoms with Crippen LogP contribution in [-0.4, -0.2) is 50.1 Å². The average Bonchev–Trinajstić information content (AvgIpc) is 2.47. The number of nitrogens with one attached hydrogen (secondary N) is 2. The van der Waals surface area contributed by atoms with Crippen LogP contribution in [0.2, 0.25) is 0 Å². The van der Waals surface area contributed by atoms with Gasteiger partial charge in [-0.05, 0) is 37.8 Å². The van der Waals surface area contributed by atoms with E-state index in [1.807, 2.05) is 0 Å². The summed E-state index contributed by atoms with van der Waals surface area (Å²) in [7, 11) is 1.38. The van der Waals surface area contributed by atoms with Gasteiger partial charge in [0, 0.05) is 18.7 Å². The van der Waals surface area contributed by atoms with Gasteiger partial charge in [-0.15, -0.1) is 11.8 Å². The van der Waals surface area contributed by atoms with Crippen LogP contribution < -0.4 is 10.6 Å². The largest absolute Gasteiger partial charge is 0.468 e. The smallest absolute Gasteiger partial charge is 0.315 e. The number of hydrogen-bond donors (Lipinski definition) is 2. The fourth-order valence-corrected chi connectivity index (χ4v) is 3.05. The predicted octanol–water partition coefficient (Wildman–Crippen LogP) is 1.03. The molecule has 1 heterocycles. The number of carbonyl (C=O) groups is 2. The summed E-state index contributed by atoms with van der Waals surface area (Å²) >= 11 is 1.48. The lowest BCUT2D eigenvalue weighted by molar-refractivity contribution is -0.137. The molecule has 1 saturated heterocycles. The second kappa shape index (κ2) is 10.0. The Bertz CT molecular complexity index is 307. The molecule has 0 saturated carbocycles. The van der Waals surface area contributed by atoms with E-state index in [2.05, 4.69) is 22.3 Å². The molecule has 1 aliphatic rings. The number of carbonyl (C=O) groups excluding carboxylic acids is 2. The van der Waals surface area contributed by atoms with Crippen molar-refractivity contribution in [3.8, 4) is 0 Å². The lowest BCUT2D eigenvalue weighted by Gasteiger charge is -2.28. The first kappa shape index (κ1) is 17.3. The van der Waals surface area contributed by atoms with Gasteiger partial charge in [0.25, 0.3) is 0 Å². The average molecular weight is 302 g/mol. The minimum Gasteiger partial charge on any atom is -0.468 e. The fraction of sp³-hybridized carbons (Fsp3) is 0.857. The van der Waals surface area contributed by atoms with Crippen molar-refractivity contribution in [1.82, 2.24) is 10.6 Å². The lowest BCUT2D eigenvalue weighted by Crippen LogP contribution is -2.36. The Kier molecular flexibility index (Phi) is 8.69. The first-order valence-corrected chi connectivity index (χ1v) is 8.41. The molecule has 2 N–H and O–H groups in total. The van der Waals surface area contributed by atoms with Crippen LogP contribution in [0.1, 0.15) is 26.2 Å². The second-order valence-electron chi connectivity index (χ2n) is 5.27. The summed E-state index contributed by atoms with van der Waals surface area (Å²) in [6.45, 7) is 4.90. The molecular weight excluding hydrogens is 276 g/mol. The summed E-state index contributed by atoms with van der Waals surface area (Å²) in [5.41, 5.74) is 0. The Hall–Kier alpha value is -0.750. The van der Waals surface area contributed by atoms with E-state index >= 15 is 0 Å². The normalized spacial score (nSPS) is 20.2. The SMILES string of the molecule is COC(=O)CSCCNC(=O)CC(C)C1CCCNC1. The monoisotopic (exact) mass is 302 g/mol. The van der Waals surface area contributed by atoms with Gasteiger partial charge < -0.3 is 15.4 Å². The lowest BCUT2D eigenvalue weighted by atomic mass is 9.85. The fourth-order valence-electron chi connectivity index (χ4n) is 2.37. The molecule has 0 radical (unpaired) electrons. The Morgan fingerprint density at radius 1 is 1.50 bits per heavy atom. The molecule has 20 heavy (non-hydrogen) atoms. The molecule has 0 bridgehead atoms. The molecule has 6 heteroatoms. The van der Waals surface area contributed by atoms with Gasteiger partial charge in [0.05, 0.1) is 12.9 Å². The molecule has 1 aliphatic heterocycles. The van der Waals surface area contributed by atoms with Gasteiger partial charge in [-0.3, -0.25) is 9.59 Å². The third-order valence-corrected chi connectivity index (χ3v) is 4.60. The summed E-state index contributed by atoms with van der Waals surface area (Å²) in [6, 6.07) is 0. The standard InChI is InChI=1S/C14H26N2O3S/c1-11(12-4-3-5-15-9-12)8-13(17)16-6-7-20-10-14(18)19-2/h11-12,15H,3-10H2,1-2H3,(H,16,17). The van der Waals surface area contributed by atoms with Crippen molar-refractivity contribution in [2.24, 2.45) is 11.8 Å². The van der Waals surface area contributed by atoms with Crippen molar-refractivity contribution in [3.05, 3.63) is 0 Å². The number of piperidine rings is 1. The van der Waals surface area contributed by atoms with Crippen LogP contribution >= 0.6 is 11.8 Å². The zero-order valence-electron chi connectivity index (χ0n) is 12.4. The van der Waals surface area contributed by atoms with Crippen LogP contribution in [-0.2, 0) is 14.3 Å². The van der Waals surface area contributed by atoms with Crippen molar-refractivity contribution in [2.45, 2.75) is 26.2 Å². The van der Waals surface area contributed by atoms with Gasteiger partial charge >= 0.3 is 5.97 Å². The molecule has 0 aromatic carbocycles. The number of hydrogen-bond acceptors (Lipinski definition) is 5. The van der Waals surface area contributed by atoms with E-state index in [1.54, 1.807) is 0 Å². The van der Waals surface area contributed by atoms with Gasteiger partial charge in [-0.25, -0.2) is 0 Å². The van der Waals surface area contributed by atoms with E-state index < -0.39 is 0 Å². The molecule has 1 rings (SSSR count). The van der Waals surface area contributed by atoms with E-state index in [0.717, 1.165) is 18.8 Å². The first-order valence-electron chi connectivity index (χ1n) is 7.25. The molecule has 0 spiro atoms. The molecule has 0 aromatic heterocycles. The summed E-state index contributed by atoms with van der Waals surface area (Å²) in [5.74, 6) is 2.01. The summed E-state index contributed by atoms with van der Waals surface area (Å²) in [4.78, 5) is 22.7. The highest BCUT2D eigenvalue weighted by molar-refractivity contribution is 7.99. The molecular formula is C14H26N2O3S. The zero-order valence-corrected chi connectivity index (χ0v) is 13.3. The maximum Gasteiger partial charge on any atom is 0.315 e. The predicted molar refractivity (Wildman–Crippen MR) is 81.7 cm³/mol. The number of methoxy groups -OCH3 is 1. The molecule has 2 unspecified atom stereocenters. The molecule has 0 aliphatic carbocycles. The van der Waals surface area contributed by atoms with Gasteiger partial charge in [-0.2, -0.15) is 0 Å².